The predicted molar refractivity (Wildman–Crippen MR) is 110 cm³/mol. The number of benzene rings is 2. The number of hydrogen-bond donors (Lipinski definition) is 0. The Kier molecular flexibility index (Phi) is 5.60. The van der Waals surface area contributed by atoms with E-state index in [-0.39, 0.29) is 5.92 Å². The van der Waals surface area contributed by atoms with Crippen molar-refractivity contribution in [3.8, 4) is 23.1 Å². The van der Waals surface area contributed by atoms with Gasteiger partial charge in [-0.2, -0.15) is 0 Å². The van der Waals surface area contributed by atoms with Crippen molar-refractivity contribution in [3.05, 3.63) is 48.3 Å². The van der Waals surface area contributed by atoms with E-state index in [1.165, 1.54) is 19.2 Å². The quantitative estimate of drug-likeness (QED) is 0.578. The summed E-state index contributed by atoms with van der Waals surface area (Å²) in [6.07, 6.45) is 6.36. The first-order chi connectivity index (χ1) is 14.2. The Balaban J connectivity index is 1.53. The van der Waals surface area contributed by atoms with E-state index < -0.39 is 0 Å². The first kappa shape index (κ1) is 19.2. The van der Waals surface area contributed by atoms with Crippen LogP contribution in [0.4, 0.5) is 0 Å². The maximum absolute atomic E-state index is 12.4. The van der Waals surface area contributed by atoms with Gasteiger partial charge in [0.2, 0.25) is 5.88 Å². The normalized spacial score (nSPS) is 14.1. The lowest BCUT2D eigenvalue weighted by Gasteiger charge is -2.12. The van der Waals surface area contributed by atoms with Crippen molar-refractivity contribution in [2.24, 2.45) is 5.92 Å². The van der Waals surface area contributed by atoms with Gasteiger partial charge in [0.25, 0.3) is 0 Å². The van der Waals surface area contributed by atoms with Crippen LogP contribution in [0.3, 0.4) is 0 Å². The minimum Gasteiger partial charge on any atom is -0.493 e. The third-order valence-corrected chi connectivity index (χ3v) is 5.43. The van der Waals surface area contributed by atoms with Crippen LogP contribution < -0.4 is 14.2 Å². The first-order valence-electron chi connectivity index (χ1n) is 9.84. The van der Waals surface area contributed by atoms with Gasteiger partial charge >= 0.3 is 0 Å². The molecule has 0 aliphatic heterocycles. The van der Waals surface area contributed by atoms with Crippen LogP contribution >= 0.6 is 0 Å². The summed E-state index contributed by atoms with van der Waals surface area (Å²) in [5, 5.41) is 0.727. The van der Waals surface area contributed by atoms with Crippen molar-refractivity contribution < 1.29 is 19.0 Å². The number of fused-ring (bicyclic) bond motifs is 1. The average Bonchev–Trinajstić information content (AvgIpc) is 3.29. The van der Waals surface area contributed by atoms with E-state index in [0.717, 1.165) is 23.8 Å². The third-order valence-electron chi connectivity index (χ3n) is 5.43. The van der Waals surface area contributed by atoms with E-state index >= 15 is 0 Å². The number of ketones is 1. The van der Waals surface area contributed by atoms with Crippen molar-refractivity contribution in [2.45, 2.75) is 32.1 Å². The second-order valence-electron chi connectivity index (χ2n) is 7.27. The van der Waals surface area contributed by atoms with Crippen LogP contribution in [0.1, 0.15) is 31.2 Å². The Morgan fingerprint density at radius 1 is 1.00 bits per heavy atom. The summed E-state index contributed by atoms with van der Waals surface area (Å²) in [5.74, 6) is 2.85. The summed E-state index contributed by atoms with van der Waals surface area (Å²) >= 11 is 0. The van der Waals surface area contributed by atoms with Gasteiger partial charge in [-0.15, -0.1) is 0 Å². The highest BCUT2D eigenvalue weighted by molar-refractivity contribution is 5.87. The second-order valence-corrected chi connectivity index (χ2v) is 7.27. The molecule has 1 aliphatic carbocycles. The van der Waals surface area contributed by atoms with Gasteiger partial charge in [-0.3, -0.25) is 4.79 Å². The zero-order valence-electron chi connectivity index (χ0n) is 16.7. The summed E-state index contributed by atoms with van der Waals surface area (Å²) in [7, 11) is 3.17. The highest BCUT2D eigenvalue weighted by Gasteiger charge is 2.22. The molecule has 0 radical (unpaired) electrons. The molecule has 1 heterocycles. The van der Waals surface area contributed by atoms with Crippen LogP contribution in [0.5, 0.6) is 23.1 Å². The summed E-state index contributed by atoms with van der Waals surface area (Å²) in [4.78, 5) is 20.9. The number of methoxy groups -OCH3 is 2. The zero-order chi connectivity index (χ0) is 20.2. The molecule has 4 rings (SSSR count). The molecule has 0 spiro atoms. The molecule has 1 saturated carbocycles. The third kappa shape index (κ3) is 4.16. The Morgan fingerprint density at radius 2 is 1.69 bits per heavy atom. The number of hydrogen-bond acceptors (Lipinski definition) is 6. The van der Waals surface area contributed by atoms with E-state index in [4.69, 9.17) is 14.2 Å². The highest BCUT2D eigenvalue weighted by Crippen LogP contribution is 2.35. The van der Waals surface area contributed by atoms with Crippen molar-refractivity contribution >= 4 is 16.7 Å². The second kappa shape index (κ2) is 8.47. The summed E-state index contributed by atoms with van der Waals surface area (Å²) in [5.41, 5.74) is 1.71. The van der Waals surface area contributed by atoms with Crippen LogP contribution in [0.25, 0.3) is 10.9 Å². The molecule has 29 heavy (non-hydrogen) atoms. The molecule has 0 saturated heterocycles. The molecular weight excluding hydrogens is 368 g/mol. The van der Waals surface area contributed by atoms with E-state index in [9.17, 15) is 4.79 Å². The SMILES string of the molecule is COc1cc2ncnc(Oc3ccc(CC(=O)C4CCCC4)cc3)c2cc1OC. The molecule has 0 unspecified atom stereocenters. The molecule has 0 atom stereocenters. The molecule has 0 N–H and O–H groups in total. The maximum Gasteiger partial charge on any atom is 0.230 e. The number of carbonyl (C=O) groups excluding carboxylic acids is 1. The van der Waals surface area contributed by atoms with Crippen molar-refractivity contribution in [3.63, 3.8) is 0 Å². The molecule has 1 fully saturated rings. The fraction of sp³-hybridized carbons (Fsp3) is 0.348. The number of rotatable bonds is 7. The summed E-state index contributed by atoms with van der Waals surface area (Å²) in [6, 6.07) is 11.2. The lowest BCUT2D eigenvalue weighted by Crippen LogP contribution is -2.13. The molecular formula is C23H24N2O4. The number of nitrogens with zero attached hydrogens (tertiary/aromatic N) is 2. The van der Waals surface area contributed by atoms with Crippen LogP contribution in [-0.4, -0.2) is 30.0 Å². The molecule has 1 aliphatic rings. The van der Waals surface area contributed by atoms with Gasteiger partial charge in [-0.1, -0.05) is 25.0 Å². The molecule has 0 bridgehead atoms. The van der Waals surface area contributed by atoms with Gasteiger partial charge in [0.15, 0.2) is 11.5 Å². The number of carbonyl (C=O) groups is 1. The topological polar surface area (TPSA) is 70.5 Å². The van der Waals surface area contributed by atoms with Gasteiger partial charge < -0.3 is 14.2 Å². The lowest BCUT2D eigenvalue weighted by molar-refractivity contribution is -0.122. The fourth-order valence-corrected chi connectivity index (χ4v) is 3.82. The Bertz CT molecular complexity index is 1010. The van der Waals surface area contributed by atoms with Crippen LogP contribution in [0, 0.1) is 5.92 Å². The van der Waals surface area contributed by atoms with Crippen LogP contribution in [0.2, 0.25) is 0 Å². The van der Waals surface area contributed by atoms with E-state index in [0.29, 0.717) is 40.8 Å². The first-order valence-corrected chi connectivity index (χ1v) is 9.84. The molecule has 6 nitrogen and oxygen atoms in total. The molecule has 0 amide bonds. The van der Waals surface area contributed by atoms with Gasteiger partial charge in [-0.05, 0) is 36.6 Å². The lowest BCUT2D eigenvalue weighted by atomic mass is 9.97. The van der Waals surface area contributed by atoms with Gasteiger partial charge in [-0.25, -0.2) is 9.97 Å². The molecule has 150 valence electrons. The molecule has 1 aromatic heterocycles. The van der Waals surface area contributed by atoms with E-state index in [1.54, 1.807) is 26.4 Å². The Morgan fingerprint density at radius 3 is 2.38 bits per heavy atom. The van der Waals surface area contributed by atoms with Gasteiger partial charge in [0.05, 0.1) is 25.1 Å². The van der Waals surface area contributed by atoms with E-state index in [1.807, 2.05) is 24.3 Å². The summed E-state index contributed by atoms with van der Waals surface area (Å²) in [6.45, 7) is 0. The van der Waals surface area contributed by atoms with Crippen LogP contribution in [0.15, 0.2) is 42.7 Å². The molecule has 3 aromatic rings. The van der Waals surface area contributed by atoms with Gasteiger partial charge in [0.1, 0.15) is 17.9 Å². The number of Topliss-reactive ketones (excluding diaryl/α,β-unsaturated/α-hetero) is 1. The van der Waals surface area contributed by atoms with Crippen molar-refractivity contribution in [1.82, 2.24) is 9.97 Å². The average molecular weight is 392 g/mol. The highest BCUT2D eigenvalue weighted by atomic mass is 16.5. The van der Waals surface area contributed by atoms with Crippen molar-refractivity contribution in [2.75, 3.05) is 14.2 Å². The van der Waals surface area contributed by atoms with Gasteiger partial charge in [0, 0.05) is 18.4 Å². The van der Waals surface area contributed by atoms with E-state index in [2.05, 4.69) is 9.97 Å². The molecule has 6 heteroatoms. The zero-order valence-corrected chi connectivity index (χ0v) is 16.7. The molecule has 2 aromatic carbocycles. The minimum atomic E-state index is 0.241. The standard InChI is InChI=1S/C23H24N2O4/c1-27-21-12-18-19(13-22(21)28-2)24-14-25-23(18)29-17-9-7-15(8-10-17)11-20(26)16-5-3-4-6-16/h7-10,12-14,16H,3-6,11H2,1-2H3. The minimum absolute atomic E-state index is 0.241. The van der Waals surface area contributed by atoms with Crippen molar-refractivity contribution in [1.29, 1.82) is 0 Å². The monoisotopic (exact) mass is 392 g/mol. The maximum atomic E-state index is 12.4. The fourth-order valence-electron chi connectivity index (χ4n) is 3.82. The summed E-state index contributed by atoms with van der Waals surface area (Å²) < 4.78 is 16.7. The largest absolute Gasteiger partial charge is 0.493 e. The predicted octanol–water partition coefficient (Wildman–Crippen LogP) is 4.74. The van der Waals surface area contributed by atoms with Crippen LogP contribution in [-0.2, 0) is 11.2 Å². The number of aromatic nitrogens is 2. The smallest absolute Gasteiger partial charge is 0.230 e. The number of ether oxygens (including phenoxy) is 3. The Labute approximate surface area is 169 Å². The Hall–Kier alpha value is -3.15.